The fourth-order valence-electron chi connectivity index (χ4n) is 3.75. The predicted octanol–water partition coefficient (Wildman–Crippen LogP) is 3.45. The smallest absolute Gasteiger partial charge is 0.278 e. The fraction of sp³-hybridized carbons (Fsp3) is 0.273. The van der Waals surface area contributed by atoms with Gasteiger partial charge in [-0.2, -0.15) is 0 Å². The number of carbonyl (C=O) groups excluding carboxylic acids is 2. The number of nitrogens with zero attached hydrogens (tertiary/aromatic N) is 2. The van der Waals surface area contributed by atoms with Crippen molar-refractivity contribution < 1.29 is 9.59 Å². The second-order valence-electron chi connectivity index (χ2n) is 6.82. The third-order valence-corrected chi connectivity index (χ3v) is 5.06. The zero-order valence-electron chi connectivity index (χ0n) is 14.7. The minimum Gasteiger partial charge on any atom is -0.366 e. The van der Waals surface area contributed by atoms with Gasteiger partial charge in [-0.05, 0) is 30.4 Å². The highest BCUT2D eigenvalue weighted by Gasteiger charge is 2.41. The van der Waals surface area contributed by atoms with Crippen molar-refractivity contribution in [1.82, 2.24) is 9.80 Å². The maximum atomic E-state index is 13.2. The van der Waals surface area contributed by atoms with Crippen molar-refractivity contribution >= 4 is 17.4 Å². The van der Waals surface area contributed by atoms with Gasteiger partial charge in [0.25, 0.3) is 11.8 Å². The zero-order chi connectivity index (χ0) is 17.9. The van der Waals surface area contributed by atoms with Crippen LogP contribution in [-0.4, -0.2) is 34.7 Å². The van der Waals surface area contributed by atoms with Crippen LogP contribution >= 0.6 is 0 Å². The molecule has 0 N–H and O–H groups in total. The number of piperidine rings is 1. The van der Waals surface area contributed by atoms with Crippen molar-refractivity contribution in [2.75, 3.05) is 13.1 Å². The Morgan fingerprint density at radius 2 is 1.35 bits per heavy atom. The molecule has 0 bridgehead atoms. The van der Waals surface area contributed by atoms with Gasteiger partial charge in [0.1, 0.15) is 5.70 Å². The molecule has 2 aliphatic heterocycles. The maximum absolute atomic E-state index is 13.2. The van der Waals surface area contributed by atoms with Gasteiger partial charge in [-0.25, -0.2) is 0 Å². The minimum atomic E-state index is -0.189. The van der Waals surface area contributed by atoms with Crippen LogP contribution < -0.4 is 0 Å². The molecule has 2 aliphatic rings. The van der Waals surface area contributed by atoms with Gasteiger partial charge in [-0.1, -0.05) is 60.7 Å². The number of benzene rings is 2. The van der Waals surface area contributed by atoms with Gasteiger partial charge in [-0.15, -0.1) is 0 Å². The van der Waals surface area contributed by atoms with E-state index in [-0.39, 0.29) is 11.8 Å². The van der Waals surface area contributed by atoms with Gasteiger partial charge in [0.15, 0.2) is 0 Å². The number of hydrogen-bond donors (Lipinski definition) is 0. The molecule has 4 heteroatoms. The summed E-state index contributed by atoms with van der Waals surface area (Å²) < 4.78 is 0. The summed E-state index contributed by atoms with van der Waals surface area (Å²) in [4.78, 5) is 29.9. The number of amides is 2. The second kappa shape index (κ2) is 7.16. The van der Waals surface area contributed by atoms with Crippen LogP contribution in [0.4, 0.5) is 0 Å². The molecular weight excluding hydrogens is 324 g/mol. The van der Waals surface area contributed by atoms with Gasteiger partial charge in [0, 0.05) is 13.1 Å². The Bertz CT molecular complexity index is 837. The molecule has 1 saturated heterocycles. The third kappa shape index (κ3) is 3.03. The summed E-state index contributed by atoms with van der Waals surface area (Å²) in [6, 6.07) is 19.3. The zero-order valence-corrected chi connectivity index (χ0v) is 14.7. The summed E-state index contributed by atoms with van der Waals surface area (Å²) in [6.07, 6.45) is 3.30. The predicted molar refractivity (Wildman–Crippen MR) is 101 cm³/mol. The van der Waals surface area contributed by atoms with E-state index in [1.165, 1.54) is 11.3 Å². The number of imide groups is 1. The molecule has 4 nitrogen and oxygen atoms in total. The van der Waals surface area contributed by atoms with E-state index in [1.54, 1.807) is 0 Å². The highest BCUT2D eigenvalue weighted by molar-refractivity contribution is 6.35. The molecule has 2 aromatic rings. The molecule has 26 heavy (non-hydrogen) atoms. The molecule has 4 rings (SSSR count). The van der Waals surface area contributed by atoms with E-state index >= 15 is 0 Å². The fourth-order valence-corrected chi connectivity index (χ4v) is 3.75. The van der Waals surface area contributed by atoms with Gasteiger partial charge in [0.2, 0.25) is 0 Å². The van der Waals surface area contributed by atoms with E-state index in [0.29, 0.717) is 17.8 Å². The molecule has 2 amide bonds. The van der Waals surface area contributed by atoms with Crippen LogP contribution in [0.1, 0.15) is 30.4 Å². The largest absolute Gasteiger partial charge is 0.366 e. The average molecular weight is 346 g/mol. The van der Waals surface area contributed by atoms with Crippen molar-refractivity contribution in [3.63, 3.8) is 0 Å². The van der Waals surface area contributed by atoms with Crippen LogP contribution in [-0.2, 0) is 16.1 Å². The van der Waals surface area contributed by atoms with E-state index in [9.17, 15) is 9.59 Å². The first-order valence-electron chi connectivity index (χ1n) is 9.20. The second-order valence-corrected chi connectivity index (χ2v) is 6.82. The van der Waals surface area contributed by atoms with Crippen molar-refractivity contribution in [3.05, 3.63) is 77.5 Å². The molecule has 2 aromatic carbocycles. The summed E-state index contributed by atoms with van der Waals surface area (Å²) in [5.74, 6) is -0.356. The monoisotopic (exact) mass is 346 g/mol. The molecule has 0 saturated carbocycles. The Balaban J connectivity index is 1.73. The number of hydrogen-bond acceptors (Lipinski definition) is 3. The molecular formula is C22H22N2O2. The Kier molecular flexibility index (Phi) is 4.57. The molecule has 1 fully saturated rings. The van der Waals surface area contributed by atoms with Gasteiger partial charge in [0.05, 0.1) is 12.1 Å². The quantitative estimate of drug-likeness (QED) is 0.796. The first-order valence-corrected chi connectivity index (χ1v) is 9.20. The SMILES string of the molecule is O=C1C(c2ccccc2)=C(N2CCCCC2)C(=O)N1Cc1ccccc1. The molecule has 0 radical (unpaired) electrons. The van der Waals surface area contributed by atoms with Crippen LogP contribution in [0.25, 0.3) is 5.57 Å². The molecule has 132 valence electrons. The summed E-state index contributed by atoms with van der Waals surface area (Å²) in [7, 11) is 0. The lowest BCUT2D eigenvalue weighted by Crippen LogP contribution is -2.36. The van der Waals surface area contributed by atoms with Gasteiger partial charge in [-0.3, -0.25) is 14.5 Å². The number of carbonyl (C=O) groups is 2. The Morgan fingerprint density at radius 1 is 0.731 bits per heavy atom. The van der Waals surface area contributed by atoms with E-state index in [1.807, 2.05) is 60.7 Å². The lowest BCUT2D eigenvalue weighted by molar-refractivity contribution is -0.138. The van der Waals surface area contributed by atoms with Crippen LogP contribution in [0.5, 0.6) is 0 Å². The van der Waals surface area contributed by atoms with Crippen molar-refractivity contribution in [3.8, 4) is 0 Å². The lowest BCUT2D eigenvalue weighted by atomic mass is 10.0. The molecule has 0 aromatic heterocycles. The van der Waals surface area contributed by atoms with Crippen molar-refractivity contribution in [1.29, 1.82) is 0 Å². The lowest BCUT2D eigenvalue weighted by Gasteiger charge is -2.29. The Labute approximate surface area is 153 Å². The van der Waals surface area contributed by atoms with E-state index in [2.05, 4.69) is 4.90 Å². The molecule has 0 aliphatic carbocycles. The number of likely N-dealkylation sites (tertiary alicyclic amines) is 1. The van der Waals surface area contributed by atoms with E-state index < -0.39 is 0 Å². The van der Waals surface area contributed by atoms with Crippen LogP contribution in [0, 0.1) is 0 Å². The standard InChI is InChI=1S/C22H22N2O2/c25-21-19(18-12-6-2-7-13-18)20(23-14-8-3-9-15-23)22(26)24(21)16-17-10-4-1-5-11-17/h1-2,4-7,10-13H,3,8-9,14-16H2. The maximum Gasteiger partial charge on any atom is 0.278 e. The summed E-state index contributed by atoms with van der Waals surface area (Å²) in [5.41, 5.74) is 2.91. The molecule has 0 spiro atoms. The number of rotatable bonds is 4. The van der Waals surface area contributed by atoms with Crippen molar-refractivity contribution in [2.45, 2.75) is 25.8 Å². The van der Waals surface area contributed by atoms with E-state index in [0.717, 1.165) is 37.1 Å². The van der Waals surface area contributed by atoms with Crippen LogP contribution in [0.2, 0.25) is 0 Å². The topological polar surface area (TPSA) is 40.6 Å². The molecule has 0 atom stereocenters. The molecule has 2 heterocycles. The molecule has 0 unspecified atom stereocenters. The van der Waals surface area contributed by atoms with Crippen LogP contribution in [0.15, 0.2) is 66.4 Å². The highest BCUT2D eigenvalue weighted by atomic mass is 16.2. The van der Waals surface area contributed by atoms with Crippen LogP contribution in [0.3, 0.4) is 0 Å². The van der Waals surface area contributed by atoms with Gasteiger partial charge < -0.3 is 4.90 Å². The Hall–Kier alpha value is -2.88. The summed E-state index contributed by atoms with van der Waals surface area (Å²) in [5, 5.41) is 0. The average Bonchev–Trinajstić information content (AvgIpc) is 2.95. The Morgan fingerprint density at radius 3 is 2.00 bits per heavy atom. The van der Waals surface area contributed by atoms with E-state index in [4.69, 9.17) is 0 Å². The minimum absolute atomic E-state index is 0.167. The summed E-state index contributed by atoms with van der Waals surface area (Å²) >= 11 is 0. The van der Waals surface area contributed by atoms with Gasteiger partial charge >= 0.3 is 0 Å². The third-order valence-electron chi connectivity index (χ3n) is 5.06. The van der Waals surface area contributed by atoms with Crippen molar-refractivity contribution in [2.24, 2.45) is 0 Å². The highest BCUT2D eigenvalue weighted by Crippen LogP contribution is 2.33. The summed E-state index contributed by atoms with van der Waals surface area (Å²) in [6.45, 7) is 1.99. The first kappa shape index (κ1) is 16.6. The first-order chi connectivity index (χ1) is 12.8. The normalized spacial score (nSPS) is 18.0.